The largest absolute Gasteiger partial charge is 0.496 e. The van der Waals surface area contributed by atoms with E-state index in [4.69, 9.17) is 4.74 Å². The Morgan fingerprint density at radius 3 is 2.48 bits per heavy atom. The van der Waals surface area contributed by atoms with E-state index in [0.717, 1.165) is 16.3 Å². The summed E-state index contributed by atoms with van der Waals surface area (Å²) in [5.74, 6) is 0.603. The van der Waals surface area contributed by atoms with E-state index in [-0.39, 0.29) is 5.78 Å². The average molecular weight is 276 g/mol. The number of ether oxygens (including phenoxy) is 1. The molecule has 0 saturated heterocycles. The monoisotopic (exact) mass is 276 g/mol. The average Bonchev–Trinajstić information content (AvgIpc) is 2.53. The van der Waals surface area contributed by atoms with E-state index in [1.54, 1.807) is 7.11 Å². The molecule has 0 heterocycles. The molecule has 0 unspecified atom stereocenters. The van der Waals surface area contributed by atoms with Crippen molar-refractivity contribution < 1.29 is 9.53 Å². The van der Waals surface area contributed by atoms with Crippen LogP contribution in [0.25, 0.3) is 10.8 Å². The first-order chi connectivity index (χ1) is 10.2. The molecule has 3 aromatic rings. The van der Waals surface area contributed by atoms with Gasteiger partial charge in [-0.2, -0.15) is 0 Å². The predicted octanol–water partition coefficient (Wildman–Crippen LogP) is 4.39. The molecule has 0 aromatic heterocycles. The molecule has 21 heavy (non-hydrogen) atoms. The van der Waals surface area contributed by atoms with Gasteiger partial charge in [-0.05, 0) is 29.8 Å². The molecular formula is C19H16O2. The molecule has 0 amide bonds. The Kier molecular flexibility index (Phi) is 3.44. The van der Waals surface area contributed by atoms with Gasteiger partial charge in [0.05, 0.1) is 12.7 Å². The van der Waals surface area contributed by atoms with Gasteiger partial charge in [0.15, 0.2) is 5.78 Å². The van der Waals surface area contributed by atoms with Crippen LogP contribution < -0.4 is 4.74 Å². The minimum atomic E-state index is -0.00708. The Labute approximate surface area is 124 Å². The van der Waals surface area contributed by atoms with Crippen LogP contribution in [0, 0.1) is 6.92 Å². The Hall–Kier alpha value is -2.61. The van der Waals surface area contributed by atoms with Crippen LogP contribution in [0.4, 0.5) is 0 Å². The van der Waals surface area contributed by atoms with E-state index in [1.165, 1.54) is 0 Å². The topological polar surface area (TPSA) is 26.3 Å². The summed E-state index contributed by atoms with van der Waals surface area (Å²) in [5, 5.41) is 2.03. The Morgan fingerprint density at radius 2 is 1.67 bits per heavy atom. The second-order valence-corrected chi connectivity index (χ2v) is 5.06. The minimum absolute atomic E-state index is 0.00708. The Balaban J connectivity index is 2.20. The van der Waals surface area contributed by atoms with E-state index < -0.39 is 0 Å². The number of benzene rings is 3. The molecule has 104 valence electrons. The molecule has 3 aromatic carbocycles. The molecule has 2 nitrogen and oxygen atoms in total. The van der Waals surface area contributed by atoms with Crippen molar-refractivity contribution in [1.29, 1.82) is 0 Å². The maximum absolute atomic E-state index is 12.9. The zero-order chi connectivity index (χ0) is 14.8. The van der Waals surface area contributed by atoms with Crippen LogP contribution in [0.3, 0.4) is 0 Å². The van der Waals surface area contributed by atoms with Crippen molar-refractivity contribution in [2.24, 2.45) is 0 Å². The lowest BCUT2D eigenvalue weighted by Crippen LogP contribution is -2.05. The van der Waals surface area contributed by atoms with Crippen molar-refractivity contribution in [3.8, 4) is 5.75 Å². The first-order valence-corrected chi connectivity index (χ1v) is 6.88. The Morgan fingerprint density at radius 1 is 0.905 bits per heavy atom. The van der Waals surface area contributed by atoms with Gasteiger partial charge in [0.2, 0.25) is 0 Å². The maximum atomic E-state index is 12.9. The van der Waals surface area contributed by atoms with E-state index in [2.05, 4.69) is 0 Å². The first-order valence-electron chi connectivity index (χ1n) is 6.88. The van der Waals surface area contributed by atoms with Gasteiger partial charge >= 0.3 is 0 Å². The van der Waals surface area contributed by atoms with Crippen molar-refractivity contribution in [2.75, 3.05) is 7.11 Å². The highest BCUT2D eigenvalue weighted by atomic mass is 16.5. The number of carbonyl (C=O) groups is 1. The molecule has 0 aliphatic heterocycles. The van der Waals surface area contributed by atoms with Gasteiger partial charge in [-0.3, -0.25) is 4.79 Å². The second kappa shape index (κ2) is 5.41. The lowest BCUT2D eigenvalue weighted by Gasteiger charge is -2.10. The third-order valence-electron chi connectivity index (χ3n) is 3.63. The normalized spacial score (nSPS) is 10.6. The van der Waals surface area contributed by atoms with Crippen molar-refractivity contribution in [3.05, 3.63) is 77.4 Å². The van der Waals surface area contributed by atoms with Gasteiger partial charge in [-0.25, -0.2) is 0 Å². The number of fused-ring (bicyclic) bond motifs is 1. The molecule has 0 fully saturated rings. The third kappa shape index (κ3) is 2.40. The van der Waals surface area contributed by atoms with Crippen LogP contribution in [0.2, 0.25) is 0 Å². The number of hydrogen-bond donors (Lipinski definition) is 0. The summed E-state index contributed by atoms with van der Waals surface area (Å²) in [7, 11) is 1.59. The molecule has 0 atom stereocenters. The Bertz CT molecular complexity index is 813. The second-order valence-electron chi connectivity index (χ2n) is 5.06. The van der Waals surface area contributed by atoms with Crippen LogP contribution in [-0.2, 0) is 0 Å². The molecule has 0 bridgehead atoms. The molecule has 3 rings (SSSR count). The zero-order valence-corrected chi connectivity index (χ0v) is 12.1. The number of carbonyl (C=O) groups excluding carboxylic acids is 1. The lowest BCUT2D eigenvalue weighted by molar-refractivity contribution is 0.103. The molecule has 0 aliphatic carbocycles. The van der Waals surface area contributed by atoms with E-state index in [9.17, 15) is 4.79 Å². The van der Waals surface area contributed by atoms with Crippen LogP contribution >= 0.6 is 0 Å². The van der Waals surface area contributed by atoms with Gasteiger partial charge in [0.25, 0.3) is 0 Å². The van der Waals surface area contributed by atoms with Crippen molar-refractivity contribution >= 4 is 16.6 Å². The molecule has 0 N–H and O–H groups in total. The number of aryl methyl sites for hydroxylation is 1. The molecule has 0 aliphatic rings. The van der Waals surface area contributed by atoms with E-state index in [0.29, 0.717) is 16.9 Å². The smallest absolute Gasteiger partial charge is 0.197 e. The summed E-state index contributed by atoms with van der Waals surface area (Å²) in [5.41, 5.74) is 2.35. The first kappa shape index (κ1) is 13.4. The summed E-state index contributed by atoms with van der Waals surface area (Å²) < 4.78 is 5.33. The molecule has 0 saturated carbocycles. The van der Waals surface area contributed by atoms with Crippen molar-refractivity contribution in [3.63, 3.8) is 0 Å². The SMILES string of the molecule is COc1ccc(C)cc1C(=O)c1cccc2ccccc12. The highest BCUT2D eigenvalue weighted by Crippen LogP contribution is 2.26. The summed E-state index contributed by atoms with van der Waals surface area (Å²) >= 11 is 0. The number of rotatable bonds is 3. The van der Waals surface area contributed by atoms with Crippen LogP contribution in [0.1, 0.15) is 21.5 Å². The predicted molar refractivity (Wildman–Crippen MR) is 85.1 cm³/mol. The molecule has 2 heteroatoms. The summed E-state index contributed by atoms with van der Waals surface area (Å²) in [6.45, 7) is 1.97. The van der Waals surface area contributed by atoms with Crippen LogP contribution in [0.15, 0.2) is 60.7 Å². The fraction of sp³-hybridized carbons (Fsp3) is 0.105. The molecule has 0 radical (unpaired) electrons. The minimum Gasteiger partial charge on any atom is -0.496 e. The summed E-state index contributed by atoms with van der Waals surface area (Å²) in [6, 6.07) is 19.4. The third-order valence-corrected chi connectivity index (χ3v) is 3.63. The van der Waals surface area contributed by atoms with Crippen molar-refractivity contribution in [1.82, 2.24) is 0 Å². The van der Waals surface area contributed by atoms with Gasteiger partial charge < -0.3 is 4.74 Å². The van der Waals surface area contributed by atoms with Gasteiger partial charge in [-0.15, -0.1) is 0 Å². The highest BCUT2D eigenvalue weighted by Gasteiger charge is 2.16. The molecular weight excluding hydrogens is 260 g/mol. The zero-order valence-electron chi connectivity index (χ0n) is 12.1. The number of hydrogen-bond acceptors (Lipinski definition) is 2. The summed E-state index contributed by atoms with van der Waals surface area (Å²) in [6.07, 6.45) is 0. The van der Waals surface area contributed by atoms with E-state index >= 15 is 0 Å². The number of ketones is 1. The fourth-order valence-corrected chi connectivity index (χ4v) is 2.57. The molecule has 0 spiro atoms. The van der Waals surface area contributed by atoms with Crippen LogP contribution in [-0.4, -0.2) is 12.9 Å². The van der Waals surface area contributed by atoms with Gasteiger partial charge in [0.1, 0.15) is 5.75 Å². The lowest BCUT2D eigenvalue weighted by atomic mass is 9.96. The fourth-order valence-electron chi connectivity index (χ4n) is 2.57. The van der Waals surface area contributed by atoms with Gasteiger partial charge in [0, 0.05) is 5.56 Å². The number of methoxy groups -OCH3 is 1. The summed E-state index contributed by atoms with van der Waals surface area (Å²) in [4.78, 5) is 12.9. The standard InChI is InChI=1S/C19H16O2/c1-13-10-11-18(21-2)17(12-13)19(20)16-9-5-7-14-6-3-4-8-15(14)16/h3-12H,1-2H3. The highest BCUT2D eigenvalue weighted by molar-refractivity contribution is 6.17. The van der Waals surface area contributed by atoms with Crippen LogP contribution in [0.5, 0.6) is 5.75 Å². The van der Waals surface area contributed by atoms with E-state index in [1.807, 2.05) is 67.6 Å². The van der Waals surface area contributed by atoms with Gasteiger partial charge in [-0.1, -0.05) is 54.1 Å². The maximum Gasteiger partial charge on any atom is 0.197 e. The quantitative estimate of drug-likeness (QED) is 0.663. The van der Waals surface area contributed by atoms with Crippen molar-refractivity contribution in [2.45, 2.75) is 6.92 Å².